The third-order valence-electron chi connectivity index (χ3n) is 3.96. The number of hydrogen-bond donors (Lipinski definition) is 2. The fraction of sp³-hybridized carbons (Fsp3) is 0.263. The van der Waals surface area contributed by atoms with Crippen LogP contribution in [0, 0.1) is 6.92 Å². The highest BCUT2D eigenvalue weighted by atomic mass is 32.2. The standard InChI is InChI=1S/C19H25N5O2S2/c1-13-6-5-7-17(24(21)19(25)23(2)20)16(13)12-28-18(27-4)22-14-8-10-15(26-3)11-9-14/h5-11H,12,20-21H2,1-4H3. The fourth-order valence-electron chi connectivity index (χ4n) is 2.41. The van der Waals surface area contributed by atoms with Crippen LogP contribution in [0.2, 0.25) is 0 Å². The summed E-state index contributed by atoms with van der Waals surface area (Å²) in [5, 5.41) is 2.03. The van der Waals surface area contributed by atoms with Gasteiger partial charge in [0.05, 0.1) is 18.5 Å². The molecule has 2 aromatic rings. The number of anilines is 1. The molecule has 7 nitrogen and oxygen atoms in total. The molecule has 2 amide bonds. The molecule has 0 aliphatic heterocycles. The second-order valence-electron chi connectivity index (χ2n) is 5.90. The van der Waals surface area contributed by atoms with E-state index in [1.54, 1.807) is 30.6 Å². The first kappa shape index (κ1) is 22.1. The predicted octanol–water partition coefficient (Wildman–Crippen LogP) is 3.89. The van der Waals surface area contributed by atoms with E-state index in [2.05, 4.69) is 4.99 Å². The van der Waals surface area contributed by atoms with Gasteiger partial charge in [-0.25, -0.2) is 26.5 Å². The van der Waals surface area contributed by atoms with Crippen molar-refractivity contribution < 1.29 is 9.53 Å². The summed E-state index contributed by atoms with van der Waals surface area (Å²) in [5.74, 6) is 13.0. The molecule has 0 atom stereocenters. The van der Waals surface area contributed by atoms with E-state index in [4.69, 9.17) is 16.4 Å². The Morgan fingerprint density at radius 1 is 1.18 bits per heavy atom. The van der Waals surface area contributed by atoms with Crippen molar-refractivity contribution in [3.05, 3.63) is 53.6 Å². The highest BCUT2D eigenvalue weighted by molar-refractivity contribution is 8.38. The first-order chi connectivity index (χ1) is 13.4. The number of amides is 2. The number of benzene rings is 2. The smallest absolute Gasteiger partial charge is 0.352 e. The van der Waals surface area contributed by atoms with Crippen LogP contribution in [0.5, 0.6) is 5.75 Å². The van der Waals surface area contributed by atoms with Crippen molar-refractivity contribution in [2.24, 2.45) is 16.7 Å². The van der Waals surface area contributed by atoms with Crippen molar-refractivity contribution in [1.29, 1.82) is 0 Å². The van der Waals surface area contributed by atoms with E-state index in [-0.39, 0.29) is 0 Å². The monoisotopic (exact) mass is 419 g/mol. The van der Waals surface area contributed by atoms with E-state index in [1.807, 2.05) is 55.6 Å². The second-order valence-corrected chi connectivity index (χ2v) is 7.92. The minimum atomic E-state index is -0.492. The Hall–Kier alpha value is -2.20. The van der Waals surface area contributed by atoms with Crippen LogP contribution < -0.4 is 21.4 Å². The number of aryl methyl sites for hydroxylation is 1. The molecule has 2 aromatic carbocycles. The van der Waals surface area contributed by atoms with E-state index >= 15 is 0 Å². The zero-order chi connectivity index (χ0) is 20.7. The normalized spacial score (nSPS) is 11.3. The fourth-order valence-corrected chi connectivity index (χ4v) is 4.06. The summed E-state index contributed by atoms with van der Waals surface area (Å²) in [4.78, 5) is 16.8. The lowest BCUT2D eigenvalue weighted by Gasteiger charge is -2.24. The minimum absolute atomic E-state index is 0.492. The highest BCUT2D eigenvalue weighted by Gasteiger charge is 2.19. The summed E-state index contributed by atoms with van der Waals surface area (Å²) >= 11 is 3.16. The number of hydrazine groups is 2. The summed E-state index contributed by atoms with van der Waals surface area (Å²) in [5.41, 5.74) is 3.47. The molecule has 2 rings (SSSR count). The van der Waals surface area contributed by atoms with E-state index in [1.165, 1.54) is 7.05 Å². The topological polar surface area (TPSA) is 97.2 Å². The van der Waals surface area contributed by atoms with Gasteiger partial charge in [-0.3, -0.25) is 5.01 Å². The SMILES string of the molecule is COc1ccc(N=C(SC)SCc2c(C)cccc2N(N)C(=O)N(C)N)cc1. The molecule has 0 saturated carbocycles. The van der Waals surface area contributed by atoms with Gasteiger partial charge in [0.15, 0.2) is 0 Å². The van der Waals surface area contributed by atoms with Gasteiger partial charge < -0.3 is 4.74 Å². The molecule has 0 aliphatic carbocycles. The van der Waals surface area contributed by atoms with Crippen LogP contribution in [0.1, 0.15) is 11.1 Å². The van der Waals surface area contributed by atoms with E-state index in [9.17, 15) is 4.79 Å². The number of methoxy groups -OCH3 is 1. The number of rotatable bonds is 5. The van der Waals surface area contributed by atoms with Crippen molar-refractivity contribution in [1.82, 2.24) is 5.01 Å². The summed E-state index contributed by atoms with van der Waals surface area (Å²) in [7, 11) is 3.09. The largest absolute Gasteiger partial charge is 0.497 e. The lowest BCUT2D eigenvalue weighted by Crippen LogP contribution is -2.49. The molecule has 0 aliphatic rings. The Labute approximate surface area is 174 Å². The van der Waals surface area contributed by atoms with Crippen LogP contribution in [-0.4, -0.2) is 35.8 Å². The van der Waals surface area contributed by atoms with E-state index in [0.29, 0.717) is 11.4 Å². The Balaban J connectivity index is 2.22. The number of aliphatic imine (C=N–C) groups is 1. The van der Waals surface area contributed by atoms with Crippen LogP contribution in [0.3, 0.4) is 0 Å². The lowest BCUT2D eigenvalue weighted by molar-refractivity contribution is 0.216. The van der Waals surface area contributed by atoms with Gasteiger partial charge in [0, 0.05) is 12.8 Å². The van der Waals surface area contributed by atoms with Crippen molar-refractivity contribution in [2.45, 2.75) is 12.7 Å². The average molecular weight is 420 g/mol. The van der Waals surface area contributed by atoms with Gasteiger partial charge in [0.2, 0.25) is 0 Å². The van der Waals surface area contributed by atoms with Gasteiger partial charge in [0.1, 0.15) is 10.1 Å². The molecule has 0 bridgehead atoms. The third kappa shape index (κ3) is 5.65. The summed E-state index contributed by atoms with van der Waals surface area (Å²) < 4.78 is 6.08. The molecule has 0 aromatic heterocycles. The summed E-state index contributed by atoms with van der Waals surface area (Å²) in [6.45, 7) is 1.99. The van der Waals surface area contributed by atoms with Crippen LogP contribution >= 0.6 is 23.5 Å². The molecule has 150 valence electrons. The molecule has 9 heteroatoms. The predicted molar refractivity (Wildman–Crippen MR) is 120 cm³/mol. The lowest BCUT2D eigenvalue weighted by atomic mass is 10.1. The number of thioether (sulfide) groups is 2. The molecule has 0 fully saturated rings. The quantitative estimate of drug-likeness (QED) is 0.251. The molecular formula is C19H25N5O2S2. The van der Waals surface area contributed by atoms with Gasteiger partial charge in [-0.1, -0.05) is 23.9 Å². The van der Waals surface area contributed by atoms with Gasteiger partial charge in [-0.2, -0.15) is 0 Å². The molecule has 0 heterocycles. The number of nitrogens with two attached hydrogens (primary N) is 2. The molecule has 28 heavy (non-hydrogen) atoms. The van der Waals surface area contributed by atoms with Crippen molar-refractivity contribution in [3.63, 3.8) is 0 Å². The summed E-state index contributed by atoms with van der Waals surface area (Å²) in [6.07, 6.45) is 1.98. The maximum absolute atomic E-state index is 12.2. The number of nitrogens with zero attached hydrogens (tertiary/aromatic N) is 3. The number of urea groups is 1. The van der Waals surface area contributed by atoms with Crippen LogP contribution in [0.25, 0.3) is 0 Å². The zero-order valence-corrected chi connectivity index (χ0v) is 18.0. The number of hydrogen-bond acceptors (Lipinski definition) is 7. The molecule has 0 radical (unpaired) electrons. The Kier molecular flexibility index (Phi) is 8.18. The van der Waals surface area contributed by atoms with E-state index in [0.717, 1.165) is 37.0 Å². The van der Waals surface area contributed by atoms with Gasteiger partial charge in [-0.15, -0.1) is 11.8 Å². The Bertz CT molecular complexity index is 841. The molecular weight excluding hydrogens is 394 g/mol. The number of carbonyl (C=O) groups is 1. The maximum atomic E-state index is 12.2. The van der Waals surface area contributed by atoms with Crippen molar-refractivity contribution >= 4 is 45.3 Å². The van der Waals surface area contributed by atoms with Crippen LogP contribution in [0.15, 0.2) is 47.5 Å². The first-order valence-electron chi connectivity index (χ1n) is 8.42. The van der Waals surface area contributed by atoms with Crippen molar-refractivity contribution in [2.75, 3.05) is 25.4 Å². The molecule has 4 N–H and O–H groups in total. The Morgan fingerprint density at radius 3 is 2.43 bits per heavy atom. The van der Waals surface area contributed by atoms with Gasteiger partial charge in [-0.05, 0) is 54.6 Å². The van der Waals surface area contributed by atoms with Crippen molar-refractivity contribution in [3.8, 4) is 5.75 Å². The number of ether oxygens (including phenoxy) is 1. The average Bonchev–Trinajstić information content (AvgIpc) is 2.70. The second kappa shape index (κ2) is 10.4. The number of carbonyl (C=O) groups excluding carboxylic acids is 1. The minimum Gasteiger partial charge on any atom is -0.497 e. The Morgan fingerprint density at radius 2 is 1.86 bits per heavy atom. The van der Waals surface area contributed by atoms with Crippen LogP contribution in [-0.2, 0) is 5.75 Å². The molecule has 0 spiro atoms. The molecule has 0 saturated heterocycles. The summed E-state index contributed by atoms with van der Waals surface area (Å²) in [6, 6.07) is 12.7. The maximum Gasteiger partial charge on any atom is 0.352 e. The van der Waals surface area contributed by atoms with Gasteiger partial charge >= 0.3 is 6.03 Å². The van der Waals surface area contributed by atoms with Crippen LogP contribution in [0.4, 0.5) is 16.2 Å². The highest BCUT2D eigenvalue weighted by Crippen LogP contribution is 2.30. The molecule has 0 unspecified atom stereocenters. The first-order valence-corrected chi connectivity index (χ1v) is 10.6. The third-order valence-corrected chi connectivity index (χ3v) is 6.03. The zero-order valence-electron chi connectivity index (χ0n) is 16.4. The van der Waals surface area contributed by atoms with E-state index < -0.39 is 6.03 Å². The van der Waals surface area contributed by atoms with Gasteiger partial charge in [0.25, 0.3) is 0 Å².